The molecule has 0 aliphatic rings. The first kappa shape index (κ1) is 24.6. The highest BCUT2D eigenvalue weighted by atomic mass is 14.6. The number of benzene rings is 6. The van der Waals surface area contributed by atoms with Gasteiger partial charge in [-0.1, -0.05) is 72.8 Å². The molecule has 44 heavy (non-hydrogen) atoms. The van der Waals surface area contributed by atoms with Crippen LogP contribution in [0.2, 0.25) is 0 Å². The van der Waals surface area contributed by atoms with Crippen LogP contribution in [0, 0.1) is 0 Å². The summed E-state index contributed by atoms with van der Waals surface area (Å²) in [6.07, 6.45) is 9.35. The lowest BCUT2D eigenvalue weighted by molar-refractivity contribution is 1.32. The third-order valence-electron chi connectivity index (χ3n) is 8.81. The Hall–Kier alpha value is -5.93. The van der Waals surface area contributed by atoms with E-state index in [9.17, 15) is 0 Å². The van der Waals surface area contributed by atoms with E-state index in [-0.39, 0.29) is 0 Å². The van der Waals surface area contributed by atoms with Gasteiger partial charge in [-0.25, -0.2) is 0 Å². The Kier molecular flexibility index (Phi) is 5.50. The smallest absolute Gasteiger partial charge is 0.0702 e. The molecule has 3 nitrogen and oxygen atoms in total. The second-order valence-electron chi connectivity index (χ2n) is 11.3. The quantitative estimate of drug-likeness (QED) is 0.201. The van der Waals surface area contributed by atoms with Crippen LogP contribution in [0.15, 0.2) is 152 Å². The molecule has 0 fully saturated rings. The first-order chi connectivity index (χ1) is 21.8. The van der Waals surface area contributed by atoms with Crippen LogP contribution in [-0.4, -0.2) is 15.0 Å². The van der Waals surface area contributed by atoms with Crippen molar-refractivity contribution in [1.29, 1.82) is 0 Å². The fourth-order valence-electron chi connectivity index (χ4n) is 6.73. The molecule has 0 bridgehead atoms. The van der Waals surface area contributed by atoms with E-state index in [4.69, 9.17) is 0 Å². The van der Waals surface area contributed by atoms with E-state index in [1.807, 2.05) is 49.2 Å². The molecule has 0 N–H and O–H groups in total. The number of fused-ring (bicyclic) bond motifs is 1. The van der Waals surface area contributed by atoms with Gasteiger partial charge in [0.2, 0.25) is 0 Å². The Balaban J connectivity index is 1.30. The third kappa shape index (κ3) is 3.94. The minimum Gasteiger partial charge on any atom is -0.264 e. The summed E-state index contributed by atoms with van der Waals surface area (Å²) in [6, 6.07) is 43.9. The molecule has 0 radical (unpaired) electrons. The Morgan fingerprint density at radius 2 is 0.932 bits per heavy atom. The molecule has 3 aromatic heterocycles. The largest absolute Gasteiger partial charge is 0.264 e. The van der Waals surface area contributed by atoms with Crippen LogP contribution in [0.5, 0.6) is 0 Å². The first-order valence-corrected chi connectivity index (χ1v) is 14.8. The van der Waals surface area contributed by atoms with Gasteiger partial charge in [-0.2, -0.15) is 0 Å². The molecule has 0 amide bonds. The number of hydrogen-bond acceptors (Lipinski definition) is 3. The zero-order valence-corrected chi connectivity index (χ0v) is 23.8. The Labute approximate surface area is 254 Å². The van der Waals surface area contributed by atoms with Crippen molar-refractivity contribution in [3.63, 3.8) is 0 Å². The van der Waals surface area contributed by atoms with Gasteiger partial charge in [0, 0.05) is 47.5 Å². The summed E-state index contributed by atoms with van der Waals surface area (Å²) in [5.41, 5.74) is 10.3. The van der Waals surface area contributed by atoms with Gasteiger partial charge in [0.15, 0.2) is 0 Å². The number of aromatic nitrogens is 3. The summed E-state index contributed by atoms with van der Waals surface area (Å²) in [6.45, 7) is 0. The van der Waals surface area contributed by atoms with E-state index in [2.05, 4.69) is 118 Å². The summed E-state index contributed by atoms with van der Waals surface area (Å²) >= 11 is 0. The van der Waals surface area contributed by atoms with E-state index in [0.29, 0.717) is 0 Å². The zero-order chi connectivity index (χ0) is 29.0. The van der Waals surface area contributed by atoms with Gasteiger partial charge in [0.1, 0.15) is 0 Å². The molecule has 0 atom stereocenters. The molecular formula is C41H25N3. The van der Waals surface area contributed by atoms with Crippen LogP contribution in [0.25, 0.3) is 87.7 Å². The standard InChI is InChI=1S/C41H25N3/c1-5-30(24-42-17-1)32-21-33(31-6-2-18-43-25-31)23-34(22-32)36-13-10-27-8-7-26-9-12-35(37-14-15-38(36)41(27)40(26)37)28-11-16-39-29(20-28)4-3-19-44-39/h1-25H. The molecule has 9 aromatic rings. The SMILES string of the molecule is c1cncc(-c2cc(-c3cccnc3)cc(-c3ccc4ccc5ccc(-c6ccc7ncccc7c6)c6ccc3c4c56)c2)c1. The van der Waals surface area contributed by atoms with Crippen LogP contribution in [0.3, 0.4) is 0 Å². The second kappa shape index (κ2) is 9.82. The Morgan fingerprint density at radius 1 is 0.364 bits per heavy atom. The van der Waals surface area contributed by atoms with E-state index < -0.39 is 0 Å². The Morgan fingerprint density at radius 3 is 1.55 bits per heavy atom. The van der Waals surface area contributed by atoms with Gasteiger partial charge in [0.25, 0.3) is 0 Å². The van der Waals surface area contributed by atoms with Gasteiger partial charge < -0.3 is 0 Å². The molecule has 0 spiro atoms. The van der Waals surface area contributed by atoms with E-state index in [1.165, 1.54) is 54.6 Å². The predicted octanol–water partition coefficient (Wildman–Crippen LogP) is 10.6. The molecule has 0 saturated heterocycles. The molecule has 0 saturated carbocycles. The van der Waals surface area contributed by atoms with Crippen LogP contribution in [0.1, 0.15) is 0 Å². The van der Waals surface area contributed by atoms with Gasteiger partial charge in [0.05, 0.1) is 5.52 Å². The summed E-state index contributed by atoms with van der Waals surface area (Å²) in [5.74, 6) is 0. The van der Waals surface area contributed by atoms with Crippen LogP contribution < -0.4 is 0 Å². The summed E-state index contributed by atoms with van der Waals surface area (Å²) in [4.78, 5) is 13.3. The van der Waals surface area contributed by atoms with E-state index >= 15 is 0 Å². The number of nitrogens with zero attached hydrogens (tertiary/aromatic N) is 3. The summed E-state index contributed by atoms with van der Waals surface area (Å²) in [5, 5.41) is 8.77. The normalized spacial score (nSPS) is 11.6. The number of rotatable bonds is 4. The molecule has 0 aliphatic carbocycles. The predicted molar refractivity (Wildman–Crippen MR) is 183 cm³/mol. The summed E-state index contributed by atoms with van der Waals surface area (Å²) < 4.78 is 0. The van der Waals surface area contributed by atoms with Crippen molar-refractivity contribution >= 4 is 43.2 Å². The highest BCUT2D eigenvalue weighted by Crippen LogP contribution is 2.43. The second-order valence-corrected chi connectivity index (χ2v) is 11.3. The molecule has 3 heterocycles. The maximum atomic E-state index is 4.53. The molecule has 9 rings (SSSR count). The fourth-order valence-corrected chi connectivity index (χ4v) is 6.73. The van der Waals surface area contributed by atoms with Gasteiger partial charge in [-0.3, -0.25) is 15.0 Å². The van der Waals surface area contributed by atoms with Crippen molar-refractivity contribution in [3.05, 3.63) is 152 Å². The van der Waals surface area contributed by atoms with Crippen LogP contribution in [0.4, 0.5) is 0 Å². The minimum atomic E-state index is 1.01. The lowest BCUT2D eigenvalue weighted by Crippen LogP contribution is -1.91. The zero-order valence-electron chi connectivity index (χ0n) is 23.8. The monoisotopic (exact) mass is 559 g/mol. The van der Waals surface area contributed by atoms with Crippen molar-refractivity contribution in [2.24, 2.45) is 0 Å². The number of hydrogen-bond donors (Lipinski definition) is 0. The van der Waals surface area contributed by atoms with Gasteiger partial charge in [-0.05, 0) is 114 Å². The lowest BCUT2D eigenvalue weighted by atomic mass is 9.86. The lowest BCUT2D eigenvalue weighted by Gasteiger charge is -2.18. The topological polar surface area (TPSA) is 38.7 Å². The van der Waals surface area contributed by atoms with E-state index in [1.54, 1.807) is 0 Å². The third-order valence-corrected chi connectivity index (χ3v) is 8.81. The average molecular weight is 560 g/mol. The molecule has 204 valence electrons. The molecule has 6 aromatic carbocycles. The van der Waals surface area contributed by atoms with E-state index in [0.717, 1.165) is 33.2 Å². The number of pyridine rings is 3. The van der Waals surface area contributed by atoms with Gasteiger partial charge >= 0.3 is 0 Å². The summed E-state index contributed by atoms with van der Waals surface area (Å²) in [7, 11) is 0. The molecular weight excluding hydrogens is 534 g/mol. The average Bonchev–Trinajstić information content (AvgIpc) is 3.11. The van der Waals surface area contributed by atoms with Crippen molar-refractivity contribution in [3.8, 4) is 44.5 Å². The highest BCUT2D eigenvalue weighted by molar-refractivity contribution is 6.27. The van der Waals surface area contributed by atoms with Crippen LogP contribution in [-0.2, 0) is 0 Å². The first-order valence-electron chi connectivity index (χ1n) is 14.8. The van der Waals surface area contributed by atoms with Crippen molar-refractivity contribution < 1.29 is 0 Å². The van der Waals surface area contributed by atoms with Gasteiger partial charge in [-0.15, -0.1) is 0 Å². The highest BCUT2D eigenvalue weighted by Gasteiger charge is 2.16. The fraction of sp³-hybridized carbons (Fsp3) is 0. The maximum absolute atomic E-state index is 4.53. The van der Waals surface area contributed by atoms with Crippen molar-refractivity contribution in [2.45, 2.75) is 0 Å². The molecule has 3 heteroatoms. The van der Waals surface area contributed by atoms with Crippen molar-refractivity contribution in [1.82, 2.24) is 15.0 Å². The maximum Gasteiger partial charge on any atom is 0.0702 e. The molecule has 0 unspecified atom stereocenters. The molecule has 0 aliphatic heterocycles. The Bertz CT molecular complexity index is 2430. The minimum absolute atomic E-state index is 1.01. The van der Waals surface area contributed by atoms with Crippen LogP contribution >= 0.6 is 0 Å². The van der Waals surface area contributed by atoms with Crippen molar-refractivity contribution in [2.75, 3.05) is 0 Å².